The van der Waals surface area contributed by atoms with Crippen molar-refractivity contribution in [1.29, 1.82) is 0 Å². The van der Waals surface area contributed by atoms with Gasteiger partial charge < -0.3 is 15.4 Å². The molecular weight excluding hydrogens is 335 g/mol. The molecule has 1 aliphatic carbocycles. The van der Waals surface area contributed by atoms with Gasteiger partial charge in [-0.15, -0.1) is 0 Å². The molecule has 0 bridgehead atoms. The lowest BCUT2D eigenvalue weighted by molar-refractivity contribution is -0.144. The van der Waals surface area contributed by atoms with E-state index in [1.807, 2.05) is 0 Å². The van der Waals surface area contributed by atoms with Crippen LogP contribution >= 0.6 is 0 Å². The van der Waals surface area contributed by atoms with Gasteiger partial charge in [0.1, 0.15) is 5.82 Å². The fourth-order valence-corrected chi connectivity index (χ4v) is 3.32. The Hall–Kier alpha value is -2.21. The number of nitrogens with one attached hydrogen (secondary N) is 2. The molecule has 0 radical (unpaired) electrons. The van der Waals surface area contributed by atoms with Crippen molar-refractivity contribution in [2.75, 3.05) is 13.7 Å². The van der Waals surface area contributed by atoms with Crippen LogP contribution in [0.1, 0.15) is 38.2 Å². The van der Waals surface area contributed by atoms with Crippen LogP contribution < -0.4 is 10.6 Å². The summed E-state index contributed by atoms with van der Waals surface area (Å²) in [5.41, 5.74) is -1.15. The van der Waals surface area contributed by atoms with Gasteiger partial charge in [0.15, 0.2) is 5.60 Å². The number of carbonyl (C=O) groups excluding carboxylic acids is 2. The number of hydrogen-bond donors (Lipinski definition) is 2. The lowest BCUT2D eigenvalue weighted by Crippen LogP contribution is -2.49. The monoisotopic (exact) mass is 362 g/mol. The summed E-state index contributed by atoms with van der Waals surface area (Å²) in [4.78, 5) is 24.0. The Kier molecular flexibility index (Phi) is 6.91. The largest absolute Gasteiger partial charge is 0.364 e. The minimum atomic E-state index is -1.37. The van der Waals surface area contributed by atoms with E-state index in [-0.39, 0.29) is 23.4 Å². The highest BCUT2D eigenvalue weighted by Crippen LogP contribution is 2.29. The van der Waals surface area contributed by atoms with Gasteiger partial charge in [0.2, 0.25) is 5.91 Å². The average molecular weight is 362 g/mol. The molecular formula is C20H27FN2O3. The van der Waals surface area contributed by atoms with Crippen LogP contribution in [0.2, 0.25) is 0 Å². The third kappa shape index (κ3) is 4.69. The van der Waals surface area contributed by atoms with Gasteiger partial charge in [-0.1, -0.05) is 24.8 Å². The number of hydrogen-bond acceptors (Lipinski definition) is 3. The second-order valence-electron chi connectivity index (χ2n) is 6.86. The molecule has 1 atom stereocenters. The van der Waals surface area contributed by atoms with E-state index in [1.165, 1.54) is 19.3 Å². The molecule has 1 fully saturated rings. The van der Waals surface area contributed by atoms with E-state index in [9.17, 15) is 14.0 Å². The van der Waals surface area contributed by atoms with E-state index in [2.05, 4.69) is 17.2 Å². The van der Waals surface area contributed by atoms with Gasteiger partial charge in [0.25, 0.3) is 5.91 Å². The molecule has 1 aromatic rings. The first-order valence-corrected chi connectivity index (χ1v) is 8.92. The van der Waals surface area contributed by atoms with Crippen LogP contribution in [-0.4, -0.2) is 31.5 Å². The van der Waals surface area contributed by atoms with Crippen molar-refractivity contribution in [2.45, 2.75) is 44.2 Å². The Morgan fingerprint density at radius 3 is 2.54 bits per heavy atom. The minimum Gasteiger partial charge on any atom is -0.364 e. The third-order valence-corrected chi connectivity index (χ3v) is 5.16. The quantitative estimate of drug-likeness (QED) is 0.733. The van der Waals surface area contributed by atoms with Gasteiger partial charge in [0.05, 0.1) is 0 Å². The summed E-state index contributed by atoms with van der Waals surface area (Å²) < 4.78 is 19.5. The topological polar surface area (TPSA) is 67.4 Å². The molecule has 2 N–H and O–H groups in total. The van der Waals surface area contributed by atoms with Crippen molar-refractivity contribution in [3.05, 3.63) is 48.3 Å². The number of halogens is 1. The predicted octanol–water partition coefficient (Wildman–Crippen LogP) is 2.66. The zero-order valence-electron chi connectivity index (χ0n) is 15.4. The molecule has 1 aromatic carbocycles. The normalized spacial score (nSPS) is 22.1. The molecule has 0 saturated heterocycles. The molecule has 0 aliphatic heterocycles. The molecule has 0 aromatic heterocycles. The van der Waals surface area contributed by atoms with Crippen LogP contribution in [0, 0.1) is 11.7 Å². The lowest BCUT2D eigenvalue weighted by atomic mass is 9.85. The molecule has 2 amide bonds. The van der Waals surface area contributed by atoms with Crippen LogP contribution in [0.25, 0.3) is 0 Å². The molecule has 6 heteroatoms. The Balaban J connectivity index is 1.92. The molecule has 0 heterocycles. The van der Waals surface area contributed by atoms with Gasteiger partial charge in [-0.25, -0.2) is 4.39 Å². The van der Waals surface area contributed by atoms with Crippen molar-refractivity contribution in [2.24, 2.45) is 5.92 Å². The Bertz CT molecular complexity index is 656. The van der Waals surface area contributed by atoms with Crippen LogP contribution in [0.15, 0.2) is 36.9 Å². The van der Waals surface area contributed by atoms with Crippen molar-refractivity contribution >= 4 is 11.8 Å². The van der Waals surface area contributed by atoms with Crippen LogP contribution in [0.4, 0.5) is 4.39 Å². The SMILES string of the molecule is C=CC(=O)NCC1CCC(NC(=O)C(C)(OC)c2ccccc2F)CC1. The van der Waals surface area contributed by atoms with Gasteiger partial charge in [-0.2, -0.15) is 0 Å². The molecule has 2 rings (SSSR count). The number of carbonyl (C=O) groups is 2. The number of amides is 2. The Labute approximate surface area is 154 Å². The Morgan fingerprint density at radius 1 is 1.31 bits per heavy atom. The zero-order chi connectivity index (χ0) is 19.2. The first kappa shape index (κ1) is 20.1. The summed E-state index contributed by atoms with van der Waals surface area (Å²) in [5, 5.41) is 5.81. The predicted molar refractivity (Wildman–Crippen MR) is 97.9 cm³/mol. The van der Waals surface area contributed by atoms with Crippen LogP contribution in [-0.2, 0) is 19.9 Å². The van der Waals surface area contributed by atoms with Crippen LogP contribution in [0.5, 0.6) is 0 Å². The van der Waals surface area contributed by atoms with E-state index in [1.54, 1.807) is 25.1 Å². The molecule has 5 nitrogen and oxygen atoms in total. The van der Waals surface area contributed by atoms with E-state index < -0.39 is 11.4 Å². The van der Waals surface area contributed by atoms with Crippen LogP contribution in [0.3, 0.4) is 0 Å². The maximum absolute atomic E-state index is 14.1. The average Bonchev–Trinajstić information content (AvgIpc) is 2.66. The third-order valence-electron chi connectivity index (χ3n) is 5.16. The van der Waals surface area contributed by atoms with E-state index >= 15 is 0 Å². The van der Waals surface area contributed by atoms with Gasteiger partial charge in [-0.05, 0) is 50.7 Å². The van der Waals surface area contributed by atoms with Crippen molar-refractivity contribution < 1.29 is 18.7 Å². The first-order valence-electron chi connectivity index (χ1n) is 8.92. The molecule has 1 saturated carbocycles. The molecule has 1 aliphatic rings. The van der Waals surface area contributed by atoms with E-state index in [0.717, 1.165) is 25.7 Å². The molecule has 1 unspecified atom stereocenters. The van der Waals surface area contributed by atoms with Crippen molar-refractivity contribution in [1.82, 2.24) is 10.6 Å². The zero-order valence-corrected chi connectivity index (χ0v) is 15.4. The van der Waals surface area contributed by atoms with Gasteiger partial charge >= 0.3 is 0 Å². The van der Waals surface area contributed by atoms with Crippen molar-refractivity contribution in [3.63, 3.8) is 0 Å². The fraction of sp³-hybridized carbons (Fsp3) is 0.500. The number of methoxy groups -OCH3 is 1. The second kappa shape index (κ2) is 8.94. The number of ether oxygens (including phenoxy) is 1. The summed E-state index contributed by atoms with van der Waals surface area (Å²) in [6, 6.07) is 6.18. The highest BCUT2D eigenvalue weighted by Gasteiger charge is 2.38. The summed E-state index contributed by atoms with van der Waals surface area (Å²) in [6.45, 7) is 5.64. The van der Waals surface area contributed by atoms with Gasteiger partial charge in [-0.3, -0.25) is 9.59 Å². The molecule has 26 heavy (non-hydrogen) atoms. The summed E-state index contributed by atoms with van der Waals surface area (Å²) in [6.07, 6.45) is 4.71. The first-order chi connectivity index (χ1) is 12.4. The maximum atomic E-state index is 14.1. The summed E-state index contributed by atoms with van der Waals surface area (Å²) in [7, 11) is 1.41. The maximum Gasteiger partial charge on any atom is 0.256 e. The highest BCUT2D eigenvalue weighted by molar-refractivity contribution is 5.87. The fourth-order valence-electron chi connectivity index (χ4n) is 3.32. The minimum absolute atomic E-state index is 0.0232. The number of benzene rings is 1. The van der Waals surface area contributed by atoms with Gasteiger partial charge in [0, 0.05) is 25.3 Å². The molecule has 0 spiro atoms. The number of rotatable bonds is 7. The summed E-state index contributed by atoms with van der Waals surface area (Å²) >= 11 is 0. The summed E-state index contributed by atoms with van der Waals surface area (Å²) in [5.74, 6) is -0.573. The smallest absolute Gasteiger partial charge is 0.256 e. The molecule has 142 valence electrons. The Morgan fingerprint density at radius 2 is 1.96 bits per heavy atom. The van der Waals surface area contributed by atoms with E-state index in [0.29, 0.717) is 12.5 Å². The standard InChI is InChI=1S/C20H27FN2O3/c1-4-18(24)22-13-14-9-11-15(12-10-14)23-19(25)20(2,26-3)16-7-5-6-8-17(16)21/h4-8,14-15H,1,9-13H2,2-3H3,(H,22,24)(H,23,25). The second-order valence-corrected chi connectivity index (χ2v) is 6.86. The van der Waals surface area contributed by atoms with Crippen molar-refractivity contribution in [3.8, 4) is 0 Å². The van der Waals surface area contributed by atoms with E-state index in [4.69, 9.17) is 4.74 Å². The lowest BCUT2D eigenvalue weighted by Gasteiger charge is -2.33. The highest BCUT2D eigenvalue weighted by atomic mass is 19.1.